The molecule has 4 aromatic rings. The molecule has 7 nitrogen and oxygen atoms in total. The summed E-state index contributed by atoms with van der Waals surface area (Å²) in [5.74, 6) is -0.396. The molecule has 0 unspecified atom stereocenters. The molecule has 2 heterocycles. The lowest BCUT2D eigenvalue weighted by atomic mass is 10.1. The molecule has 0 N–H and O–H groups in total. The van der Waals surface area contributed by atoms with E-state index in [9.17, 15) is 9.18 Å². The SMILES string of the molecule is COC(=O)c1cc(Cl)cc2cnn(Cc3cnc(-c4ccc(F)c(OC)c4)nc3)c12. The van der Waals surface area contributed by atoms with Gasteiger partial charge in [-0.3, -0.25) is 4.68 Å². The monoisotopic (exact) mass is 426 g/mol. The fourth-order valence-electron chi connectivity index (χ4n) is 3.14. The number of hydrogen-bond donors (Lipinski definition) is 0. The molecule has 0 amide bonds. The predicted molar refractivity (Wildman–Crippen MR) is 109 cm³/mol. The average Bonchev–Trinajstić information content (AvgIpc) is 3.15. The molecule has 0 fully saturated rings. The van der Waals surface area contributed by atoms with Crippen LogP contribution in [0.15, 0.2) is 48.9 Å². The zero-order chi connectivity index (χ0) is 21.3. The number of methoxy groups -OCH3 is 2. The first-order valence-electron chi connectivity index (χ1n) is 8.88. The van der Waals surface area contributed by atoms with Gasteiger partial charge in [-0.15, -0.1) is 0 Å². The molecule has 0 radical (unpaired) electrons. The normalized spacial score (nSPS) is 10.9. The molecule has 0 spiro atoms. The maximum atomic E-state index is 13.6. The van der Waals surface area contributed by atoms with Crippen molar-refractivity contribution in [3.63, 3.8) is 0 Å². The number of esters is 1. The van der Waals surface area contributed by atoms with Gasteiger partial charge in [-0.2, -0.15) is 5.10 Å². The first-order valence-corrected chi connectivity index (χ1v) is 9.26. The zero-order valence-corrected chi connectivity index (χ0v) is 16.9. The van der Waals surface area contributed by atoms with Gasteiger partial charge in [0.05, 0.1) is 38.0 Å². The minimum absolute atomic E-state index is 0.122. The van der Waals surface area contributed by atoms with Crippen molar-refractivity contribution in [1.29, 1.82) is 0 Å². The predicted octanol–water partition coefficient (Wildman–Crippen LogP) is 4.13. The van der Waals surface area contributed by atoms with Gasteiger partial charge in [0.2, 0.25) is 0 Å². The van der Waals surface area contributed by atoms with Crippen LogP contribution < -0.4 is 4.74 Å². The Morgan fingerprint density at radius 1 is 1.13 bits per heavy atom. The Kier molecular flexibility index (Phi) is 5.33. The van der Waals surface area contributed by atoms with Gasteiger partial charge < -0.3 is 9.47 Å². The number of fused-ring (bicyclic) bond motifs is 1. The molecule has 0 saturated heterocycles. The second-order valence-corrected chi connectivity index (χ2v) is 6.89. The zero-order valence-electron chi connectivity index (χ0n) is 16.1. The lowest BCUT2D eigenvalue weighted by Gasteiger charge is -2.09. The maximum absolute atomic E-state index is 13.6. The number of aromatic nitrogens is 4. The molecule has 0 saturated carbocycles. The van der Waals surface area contributed by atoms with E-state index in [0.29, 0.717) is 34.0 Å². The highest BCUT2D eigenvalue weighted by molar-refractivity contribution is 6.32. The third-order valence-corrected chi connectivity index (χ3v) is 4.77. The second-order valence-electron chi connectivity index (χ2n) is 6.45. The third-order valence-electron chi connectivity index (χ3n) is 4.55. The molecule has 2 aromatic heterocycles. The number of hydrogen-bond acceptors (Lipinski definition) is 6. The van der Waals surface area contributed by atoms with E-state index in [-0.39, 0.29) is 5.75 Å². The van der Waals surface area contributed by atoms with E-state index in [1.54, 1.807) is 41.5 Å². The molecular formula is C21H16ClFN4O3. The first-order chi connectivity index (χ1) is 14.5. The van der Waals surface area contributed by atoms with Crippen molar-refractivity contribution in [3.8, 4) is 17.1 Å². The van der Waals surface area contributed by atoms with Gasteiger partial charge in [-0.25, -0.2) is 19.2 Å². The quantitative estimate of drug-likeness (QED) is 0.446. The highest BCUT2D eigenvalue weighted by atomic mass is 35.5. The van der Waals surface area contributed by atoms with E-state index >= 15 is 0 Å². The van der Waals surface area contributed by atoms with Gasteiger partial charge in [-0.1, -0.05) is 11.6 Å². The van der Waals surface area contributed by atoms with Crippen LogP contribution in [0.3, 0.4) is 0 Å². The minimum Gasteiger partial charge on any atom is -0.494 e. The summed E-state index contributed by atoms with van der Waals surface area (Å²) in [7, 11) is 2.71. The summed E-state index contributed by atoms with van der Waals surface area (Å²) in [4.78, 5) is 20.9. The van der Waals surface area contributed by atoms with E-state index in [2.05, 4.69) is 15.1 Å². The Hall–Kier alpha value is -3.52. The van der Waals surface area contributed by atoms with Crippen LogP contribution >= 0.6 is 11.6 Å². The molecule has 0 aliphatic carbocycles. The average molecular weight is 427 g/mol. The van der Waals surface area contributed by atoms with Gasteiger partial charge in [0.15, 0.2) is 17.4 Å². The molecule has 0 aliphatic heterocycles. The highest BCUT2D eigenvalue weighted by Gasteiger charge is 2.17. The Morgan fingerprint density at radius 2 is 1.90 bits per heavy atom. The molecule has 0 bridgehead atoms. The van der Waals surface area contributed by atoms with Crippen LogP contribution in [0.25, 0.3) is 22.3 Å². The van der Waals surface area contributed by atoms with Crippen molar-refractivity contribution in [2.24, 2.45) is 0 Å². The molecule has 0 atom stereocenters. The highest BCUT2D eigenvalue weighted by Crippen LogP contribution is 2.26. The van der Waals surface area contributed by atoms with E-state index in [0.717, 1.165) is 10.9 Å². The number of benzene rings is 2. The summed E-state index contributed by atoms with van der Waals surface area (Å²) < 4.78 is 25.1. The van der Waals surface area contributed by atoms with Gasteiger partial charge in [-0.05, 0) is 30.3 Å². The second kappa shape index (κ2) is 8.08. The van der Waals surface area contributed by atoms with Crippen molar-refractivity contribution in [3.05, 3.63) is 70.9 Å². The largest absolute Gasteiger partial charge is 0.494 e. The van der Waals surface area contributed by atoms with Crippen molar-refractivity contribution in [2.45, 2.75) is 6.54 Å². The fourth-order valence-corrected chi connectivity index (χ4v) is 3.37. The van der Waals surface area contributed by atoms with E-state index in [1.165, 1.54) is 26.4 Å². The summed E-state index contributed by atoms with van der Waals surface area (Å²) in [6.07, 6.45) is 4.94. The molecule has 4 rings (SSSR count). The van der Waals surface area contributed by atoms with Crippen molar-refractivity contribution in [1.82, 2.24) is 19.7 Å². The smallest absolute Gasteiger partial charge is 0.340 e. The van der Waals surface area contributed by atoms with Crippen LogP contribution in [0.2, 0.25) is 5.02 Å². The van der Waals surface area contributed by atoms with Gasteiger partial charge >= 0.3 is 5.97 Å². The minimum atomic E-state index is -0.499. The number of halogens is 2. The van der Waals surface area contributed by atoms with Gasteiger partial charge in [0, 0.05) is 33.9 Å². The number of rotatable bonds is 5. The van der Waals surface area contributed by atoms with Gasteiger partial charge in [0.1, 0.15) is 0 Å². The van der Waals surface area contributed by atoms with Crippen LogP contribution in [0.5, 0.6) is 5.75 Å². The van der Waals surface area contributed by atoms with Crippen LogP contribution in [0.1, 0.15) is 15.9 Å². The number of carbonyl (C=O) groups excluding carboxylic acids is 1. The van der Waals surface area contributed by atoms with Crippen LogP contribution in [-0.4, -0.2) is 39.9 Å². The third kappa shape index (κ3) is 3.69. The summed E-state index contributed by atoms with van der Waals surface area (Å²) in [5.41, 5.74) is 2.34. The molecular weight excluding hydrogens is 411 g/mol. The molecule has 9 heteroatoms. The van der Waals surface area contributed by atoms with Crippen molar-refractivity contribution in [2.75, 3.05) is 14.2 Å². The standard InChI is InChI=1S/C21H16ClFN4O3/c1-29-18-6-13(3-4-17(18)23)20-24-8-12(9-25-20)11-27-19-14(10-26-27)5-15(22)7-16(19)21(28)30-2/h3-10H,11H2,1-2H3. The van der Waals surface area contributed by atoms with Crippen LogP contribution in [0, 0.1) is 5.82 Å². The van der Waals surface area contributed by atoms with Gasteiger partial charge in [0.25, 0.3) is 0 Å². The summed E-state index contributed by atoms with van der Waals surface area (Å²) >= 11 is 6.10. The van der Waals surface area contributed by atoms with Crippen molar-refractivity contribution >= 4 is 28.5 Å². The maximum Gasteiger partial charge on any atom is 0.340 e. The first kappa shape index (κ1) is 19.8. The van der Waals surface area contributed by atoms with Crippen molar-refractivity contribution < 1.29 is 18.7 Å². The molecule has 152 valence electrons. The lowest BCUT2D eigenvalue weighted by molar-refractivity contribution is 0.0602. The van der Waals surface area contributed by atoms with E-state index in [1.807, 2.05) is 0 Å². The summed E-state index contributed by atoms with van der Waals surface area (Å²) in [5, 5.41) is 5.50. The van der Waals surface area contributed by atoms with Crippen LogP contribution in [-0.2, 0) is 11.3 Å². The number of nitrogens with zero attached hydrogens (tertiary/aromatic N) is 4. The Morgan fingerprint density at radius 3 is 2.60 bits per heavy atom. The Labute approximate surface area is 176 Å². The van der Waals surface area contributed by atoms with E-state index in [4.69, 9.17) is 21.1 Å². The Bertz CT molecular complexity index is 1240. The number of ether oxygens (including phenoxy) is 2. The van der Waals surface area contributed by atoms with E-state index < -0.39 is 11.8 Å². The molecule has 30 heavy (non-hydrogen) atoms. The fraction of sp³-hybridized carbons (Fsp3) is 0.143. The number of carbonyl (C=O) groups is 1. The molecule has 2 aromatic carbocycles. The molecule has 0 aliphatic rings. The topological polar surface area (TPSA) is 79.1 Å². The summed E-state index contributed by atoms with van der Waals surface area (Å²) in [6, 6.07) is 7.71. The Balaban J connectivity index is 1.66. The lowest BCUT2D eigenvalue weighted by Crippen LogP contribution is -2.08. The van der Waals surface area contributed by atoms with Crippen LogP contribution in [0.4, 0.5) is 4.39 Å². The summed E-state index contributed by atoms with van der Waals surface area (Å²) in [6.45, 7) is 0.335.